The summed E-state index contributed by atoms with van der Waals surface area (Å²) in [7, 11) is 3.56. The number of benzene rings is 2. The summed E-state index contributed by atoms with van der Waals surface area (Å²) >= 11 is 0. The zero-order valence-corrected chi connectivity index (χ0v) is 18.7. The molecule has 0 N–H and O–H groups in total. The molecular weight excluding hydrogens is 410 g/mol. The number of rotatable bonds is 6. The van der Waals surface area contributed by atoms with Crippen molar-refractivity contribution in [2.45, 2.75) is 26.9 Å². The molecule has 0 radical (unpaired) electrons. The molecule has 1 aliphatic heterocycles. The maximum Gasteiger partial charge on any atom is 0.347 e. The zero-order chi connectivity index (χ0) is 23.0. The summed E-state index contributed by atoms with van der Waals surface area (Å²) in [6.45, 7) is 5.44. The number of fused-ring (bicyclic) bond motifs is 2. The van der Waals surface area contributed by atoms with Crippen molar-refractivity contribution in [3.8, 4) is 17.2 Å². The Balaban J connectivity index is 1.66. The molecule has 0 amide bonds. The van der Waals surface area contributed by atoms with Crippen LogP contribution >= 0.6 is 0 Å². The van der Waals surface area contributed by atoms with Gasteiger partial charge in [-0.05, 0) is 57.2 Å². The summed E-state index contributed by atoms with van der Waals surface area (Å²) in [4.78, 5) is 24.9. The fourth-order valence-corrected chi connectivity index (χ4v) is 3.78. The van der Waals surface area contributed by atoms with Crippen LogP contribution in [-0.4, -0.2) is 36.1 Å². The Morgan fingerprint density at radius 3 is 2.75 bits per heavy atom. The van der Waals surface area contributed by atoms with Crippen molar-refractivity contribution in [1.82, 2.24) is 4.57 Å². The predicted molar refractivity (Wildman–Crippen MR) is 120 cm³/mol. The number of nitrogens with zero attached hydrogens (tertiary/aromatic N) is 1. The van der Waals surface area contributed by atoms with E-state index in [1.807, 2.05) is 36.0 Å². The molecule has 1 atom stereocenters. The summed E-state index contributed by atoms with van der Waals surface area (Å²) in [6.07, 6.45) is 2.91. The molecule has 7 heteroatoms. The smallest absolute Gasteiger partial charge is 0.347 e. The lowest BCUT2D eigenvalue weighted by atomic mass is 10.1. The molecule has 1 unspecified atom stereocenters. The third-order valence-corrected chi connectivity index (χ3v) is 5.47. The van der Waals surface area contributed by atoms with Crippen LogP contribution in [0, 0.1) is 6.92 Å². The Morgan fingerprint density at radius 2 is 2.03 bits per heavy atom. The number of methoxy groups -OCH3 is 1. The van der Waals surface area contributed by atoms with E-state index in [4.69, 9.17) is 18.9 Å². The SMILES string of the molecule is CCOC(=O)C(C)Oc1ccc2c(c1C)O/C(=C\c1cn(C)c3ccc(OC)cc13)C2=O. The Hall–Kier alpha value is -3.74. The monoisotopic (exact) mass is 435 g/mol. The van der Waals surface area contributed by atoms with Gasteiger partial charge in [0, 0.05) is 35.3 Å². The normalized spacial score (nSPS) is 14.9. The predicted octanol–water partition coefficient (Wildman–Crippen LogP) is 4.44. The summed E-state index contributed by atoms with van der Waals surface area (Å²) in [5.41, 5.74) is 2.97. The minimum Gasteiger partial charge on any atom is -0.497 e. The quantitative estimate of drug-likeness (QED) is 0.421. The van der Waals surface area contributed by atoms with Gasteiger partial charge in [-0.3, -0.25) is 4.79 Å². The highest BCUT2D eigenvalue weighted by Crippen LogP contribution is 2.40. The standard InChI is InChI=1S/C25H25NO6/c1-6-30-25(28)15(3)31-21-10-8-18-23(27)22(32-24(18)14(21)2)11-16-13-26(4)20-9-7-17(29-5)12-19(16)20/h7-13,15H,6H2,1-5H3/b22-11-. The van der Waals surface area contributed by atoms with E-state index in [9.17, 15) is 9.59 Å². The van der Waals surface area contributed by atoms with E-state index in [1.165, 1.54) is 0 Å². The number of ketones is 1. The molecule has 2 aromatic carbocycles. The van der Waals surface area contributed by atoms with Gasteiger partial charge in [0.2, 0.25) is 5.78 Å². The first-order chi connectivity index (χ1) is 15.3. The van der Waals surface area contributed by atoms with Gasteiger partial charge < -0.3 is 23.5 Å². The first-order valence-electron chi connectivity index (χ1n) is 10.4. The van der Waals surface area contributed by atoms with Crippen molar-refractivity contribution in [3.05, 3.63) is 59.0 Å². The van der Waals surface area contributed by atoms with Crippen LogP contribution in [0.2, 0.25) is 0 Å². The Kier molecular flexibility index (Phi) is 5.65. The van der Waals surface area contributed by atoms with E-state index in [1.54, 1.807) is 46.1 Å². The lowest BCUT2D eigenvalue weighted by molar-refractivity contribution is -0.150. The lowest BCUT2D eigenvalue weighted by Crippen LogP contribution is -2.26. The summed E-state index contributed by atoms with van der Waals surface area (Å²) in [6, 6.07) is 9.14. The van der Waals surface area contributed by atoms with E-state index in [0.29, 0.717) is 22.6 Å². The van der Waals surface area contributed by atoms with Gasteiger partial charge in [-0.1, -0.05) is 0 Å². The van der Waals surface area contributed by atoms with Gasteiger partial charge in [0.05, 0.1) is 19.3 Å². The lowest BCUT2D eigenvalue weighted by Gasteiger charge is -2.16. The van der Waals surface area contributed by atoms with Crippen LogP contribution in [0.3, 0.4) is 0 Å². The molecule has 0 aliphatic carbocycles. The number of carbonyl (C=O) groups excluding carboxylic acids is 2. The molecule has 32 heavy (non-hydrogen) atoms. The number of Topliss-reactive ketones (excluding diaryl/α,β-unsaturated/α-hetero) is 1. The van der Waals surface area contributed by atoms with Crippen LogP contribution in [0.5, 0.6) is 17.2 Å². The summed E-state index contributed by atoms with van der Waals surface area (Å²) < 4.78 is 24.1. The molecule has 1 aromatic heterocycles. The fraction of sp³-hybridized carbons (Fsp3) is 0.280. The van der Waals surface area contributed by atoms with Crippen LogP contribution < -0.4 is 14.2 Å². The topological polar surface area (TPSA) is 76.0 Å². The molecule has 7 nitrogen and oxygen atoms in total. The minimum atomic E-state index is -0.774. The molecule has 0 bridgehead atoms. The van der Waals surface area contributed by atoms with Gasteiger partial charge >= 0.3 is 5.97 Å². The van der Waals surface area contributed by atoms with Crippen LogP contribution in [0.4, 0.5) is 0 Å². The number of aryl methyl sites for hydroxylation is 1. The molecule has 0 saturated carbocycles. The second kappa shape index (κ2) is 8.42. The van der Waals surface area contributed by atoms with E-state index in [-0.39, 0.29) is 18.1 Å². The first kappa shape index (κ1) is 21.5. The zero-order valence-electron chi connectivity index (χ0n) is 18.7. The molecule has 0 saturated heterocycles. The fourth-order valence-electron chi connectivity index (χ4n) is 3.78. The Labute approximate surface area is 186 Å². The Bertz CT molecular complexity index is 1250. The van der Waals surface area contributed by atoms with Crippen molar-refractivity contribution < 1.29 is 28.5 Å². The van der Waals surface area contributed by atoms with Gasteiger partial charge in [0.1, 0.15) is 17.2 Å². The number of allylic oxidation sites excluding steroid dienone is 1. The number of hydrogen-bond donors (Lipinski definition) is 0. The van der Waals surface area contributed by atoms with Crippen LogP contribution in [0.25, 0.3) is 17.0 Å². The van der Waals surface area contributed by atoms with Gasteiger partial charge in [-0.15, -0.1) is 0 Å². The number of ether oxygens (including phenoxy) is 4. The van der Waals surface area contributed by atoms with Gasteiger partial charge in [0.25, 0.3) is 0 Å². The number of carbonyl (C=O) groups is 2. The van der Waals surface area contributed by atoms with Crippen molar-refractivity contribution in [2.75, 3.05) is 13.7 Å². The highest BCUT2D eigenvalue weighted by Gasteiger charge is 2.31. The minimum absolute atomic E-state index is 0.201. The number of esters is 1. The largest absolute Gasteiger partial charge is 0.497 e. The first-order valence-corrected chi connectivity index (χ1v) is 10.4. The van der Waals surface area contributed by atoms with Crippen LogP contribution in [-0.2, 0) is 16.6 Å². The average molecular weight is 435 g/mol. The molecular formula is C25H25NO6. The number of aromatic nitrogens is 1. The van der Waals surface area contributed by atoms with Crippen LogP contribution in [0.15, 0.2) is 42.3 Å². The average Bonchev–Trinajstić information content (AvgIpc) is 3.27. The molecule has 0 fully saturated rings. The maximum absolute atomic E-state index is 13.0. The highest BCUT2D eigenvalue weighted by atomic mass is 16.6. The summed E-state index contributed by atoms with van der Waals surface area (Å²) in [5.74, 6) is 1.22. The van der Waals surface area contributed by atoms with E-state index in [2.05, 4.69) is 0 Å². The molecule has 166 valence electrons. The van der Waals surface area contributed by atoms with Crippen molar-refractivity contribution in [3.63, 3.8) is 0 Å². The summed E-state index contributed by atoms with van der Waals surface area (Å²) in [5, 5.41) is 0.954. The molecule has 2 heterocycles. The maximum atomic E-state index is 13.0. The van der Waals surface area contributed by atoms with Crippen molar-refractivity contribution in [1.29, 1.82) is 0 Å². The number of hydrogen-bond acceptors (Lipinski definition) is 6. The molecule has 0 spiro atoms. The third kappa shape index (κ3) is 3.70. The van der Waals surface area contributed by atoms with E-state index < -0.39 is 12.1 Å². The third-order valence-electron chi connectivity index (χ3n) is 5.47. The van der Waals surface area contributed by atoms with Gasteiger partial charge in [0.15, 0.2) is 11.9 Å². The van der Waals surface area contributed by atoms with E-state index in [0.717, 1.165) is 22.2 Å². The Morgan fingerprint density at radius 1 is 1.25 bits per heavy atom. The molecule has 1 aliphatic rings. The molecule has 3 aromatic rings. The second-order valence-corrected chi connectivity index (χ2v) is 7.60. The van der Waals surface area contributed by atoms with Crippen LogP contribution in [0.1, 0.15) is 35.3 Å². The highest BCUT2D eigenvalue weighted by molar-refractivity contribution is 6.15. The van der Waals surface area contributed by atoms with Gasteiger partial charge in [-0.2, -0.15) is 0 Å². The van der Waals surface area contributed by atoms with Gasteiger partial charge in [-0.25, -0.2) is 4.79 Å². The van der Waals surface area contributed by atoms with Crippen molar-refractivity contribution >= 4 is 28.7 Å². The second-order valence-electron chi connectivity index (χ2n) is 7.60. The van der Waals surface area contributed by atoms with E-state index >= 15 is 0 Å². The van der Waals surface area contributed by atoms with Crippen molar-refractivity contribution in [2.24, 2.45) is 7.05 Å². The molecule has 4 rings (SSSR count).